The van der Waals surface area contributed by atoms with E-state index in [1.807, 2.05) is 13.8 Å². The van der Waals surface area contributed by atoms with Crippen molar-refractivity contribution >= 4 is 0 Å². The second kappa shape index (κ2) is 11.5. The van der Waals surface area contributed by atoms with Gasteiger partial charge in [-0.05, 0) is 46.6 Å². The standard InChI is InChI=1S/C22H39N3O2/c1-18-20(3)25(27)21(19(2)22(18)26)12-10-8-6-4-5-7-9-11-15-24-16-13-23-14-17-24/h23,27H,4-17H2,1-3H3. The van der Waals surface area contributed by atoms with Crippen LogP contribution in [-0.4, -0.2) is 47.6 Å². The van der Waals surface area contributed by atoms with E-state index >= 15 is 0 Å². The van der Waals surface area contributed by atoms with Gasteiger partial charge in [-0.3, -0.25) is 4.79 Å². The van der Waals surface area contributed by atoms with E-state index in [9.17, 15) is 10.0 Å². The second-order valence-electron chi connectivity index (χ2n) is 8.09. The number of aromatic nitrogens is 1. The fraction of sp³-hybridized carbons (Fsp3) is 0.773. The summed E-state index contributed by atoms with van der Waals surface area (Å²) in [4.78, 5) is 14.8. The van der Waals surface area contributed by atoms with Crippen molar-refractivity contribution in [3.05, 3.63) is 32.7 Å². The summed E-state index contributed by atoms with van der Waals surface area (Å²) in [6, 6.07) is 0. The van der Waals surface area contributed by atoms with E-state index in [1.54, 1.807) is 6.92 Å². The molecule has 1 aromatic rings. The summed E-state index contributed by atoms with van der Waals surface area (Å²) in [5, 5.41) is 13.7. The SMILES string of the molecule is Cc1c(C)n(O)c(CCCCCCCCCCN2CCNCC2)c(C)c1=O. The van der Waals surface area contributed by atoms with Crippen LogP contribution in [0.4, 0.5) is 0 Å². The number of hydrogen-bond donors (Lipinski definition) is 2. The highest BCUT2D eigenvalue weighted by Gasteiger charge is 2.13. The van der Waals surface area contributed by atoms with Crippen LogP contribution in [0.1, 0.15) is 73.9 Å². The molecule has 0 bridgehead atoms. The van der Waals surface area contributed by atoms with Crippen molar-refractivity contribution in [3.8, 4) is 0 Å². The molecule has 1 aliphatic rings. The molecule has 2 heterocycles. The Morgan fingerprint density at radius 1 is 0.852 bits per heavy atom. The maximum atomic E-state index is 12.2. The van der Waals surface area contributed by atoms with Gasteiger partial charge in [0.1, 0.15) is 0 Å². The molecule has 27 heavy (non-hydrogen) atoms. The van der Waals surface area contributed by atoms with Crippen LogP contribution >= 0.6 is 0 Å². The van der Waals surface area contributed by atoms with E-state index in [0.29, 0.717) is 16.8 Å². The van der Waals surface area contributed by atoms with Crippen molar-refractivity contribution in [2.45, 2.75) is 78.6 Å². The van der Waals surface area contributed by atoms with E-state index in [-0.39, 0.29) is 5.43 Å². The number of hydrogen-bond acceptors (Lipinski definition) is 4. The summed E-state index contributed by atoms with van der Waals surface area (Å²) < 4.78 is 1.23. The van der Waals surface area contributed by atoms with E-state index in [1.165, 1.54) is 69.3 Å². The molecule has 0 atom stereocenters. The molecule has 0 unspecified atom stereocenters. The van der Waals surface area contributed by atoms with Crippen LogP contribution in [0, 0.1) is 20.8 Å². The zero-order valence-corrected chi connectivity index (χ0v) is 17.6. The molecule has 1 aromatic heterocycles. The number of pyridine rings is 1. The third-order valence-corrected chi connectivity index (χ3v) is 6.08. The summed E-state index contributed by atoms with van der Waals surface area (Å²) in [5.41, 5.74) is 2.88. The molecule has 1 fully saturated rings. The van der Waals surface area contributed by atoms with Gasteiger partial charge in [0.2, 0.25) is 0 Å². The molecule has 0 saturated carbocycles. The maximum Gasteiger partial charge on any atom is 0.188 e. The molecular formula is C22H39N3O2. The second-order valence-corrected chi connectivity index (χ2v) is 8.09. The Kier molecular flexibility index (Phi) is 9.35. The first-order valence-electron chi connectivity index (χ1n) is 10.9. The molecule has 0 spiro atoms. The Morgan fingerprint density at radius 2 is 1.41 bits per heavy atom. The predicted molar refractivity (Wildman–Crippen MR) is 112 cm³/mol. The molecule has 2 rings (SSSR count). The summed E-state index contributed by atoms with van der Waals surface area (Å²) in [5.74, 6) is 0. The fourth-order valence-electron chi connectivity index (χ4n) is 4.01. The molecule has 2 N–H and O–H groups in total. The lowest BCUT2D eigenvalue weighted by molar-refractivity contribution is 0.165. The first-order chi connectivity index (χ1) is 13.0. The molecule has 1 aliphatic heterocycles. The number of unbranched alkanes of at least 4 members (excludes halogenated alkanes) is 7. The van der Waals surface area contributed by atoms with E-state index in [2.05, 4.69) is 10.2 Å². The highest BCUT2D eigenvalue weighted by Crippen LogP contribution is 2.15. The molecule has 0 amide bonds. The third kappa shape index (κ3) is 6.65. The molecular weight excluding hydrogens is 338 g/mol. The van der Waals surface area contributed by atoms with Crippen molar-refractivity contribution < 1.29 is 5.21 Å². The number of nitrogens with one attached hydrogen (secondary N) is 1. The van der Waals surface area contributed by atoms with E-state index < -0.39 is 0 Å². The van der Waals surface area contributed by atoms with Gasteiger partial charge < -0.3 is 15.4 Å². The average Bonchev–Trinajstić information content (AvgIpc) is 2.69. The summed E-state index contributed by atoms with van der Waals surface area (Å²) >= 11 is 0. The van der Waals surface area contributed by atoms with Crippen molar-refractivity contribution in [2.24, 2.45) is 0 Å². The van der Waals surface area contributed by atoms with Gasteiger partial charge in [-0.25, -0.2) is 0 Å². The number of rotatable bonds is 11. The first kappa shape index (κ1) is 22.0. The Balaban J connectivity index is 1.53. The Hall–Kier alpha value is -1.33. The molecule has 154 valence electrons. The highest BCUT2D eigenvalue weighted by molar-refractivity contribution is 5.29. The summed E-state index contributed by atoms with van der Waals surface area (Å²) in [6.07, 6.45) is 10.9. The number of piperazine rings is 1. The molecule has 1 saturated heterocycles. The van der Waals surface area contributed by atoms with Gasteiger partial charge in [0.15, 0.2) is 5.43 Å². The molecule has 0 aromatic carbocycles. The van der Waals surface area contributed by atoms with E-state index in [0.717, 1.165) is 31.6 Å². The van der Waals surface area contributed by atoms with Gasteiger partial charge in [-0.2, -0.15) is 4.73 Å². The van der Waals surface area contributed by atoms with Crippen LogP contribution < -0.4 is 10.7 Å². The van der Waals surface area contributed by atoms with Crippen molar-refractivity contribution in [1.82, 2.24) is 14.9 Å². The van der Waals surface area contributed by atoms with Crippen LogP contribution in [0.25, 0.3) is 0 Å². The minimum absolute atomic E-state index is 0.0774. The minimum atomic E-state index is 0.0774. The minimum Gasteiger partial charge on any atom is -0.428 e. The lowest BCUT2D eigenvalue weighted by Gasteiger charge is -2.27. The quantitative estimate of drug-likeness (QED) is 0.457. The number of nitrogens with zero attached hydrogens (tertiary/aromatic N) is 2. The lowest BCUT2D eigenvalue weighted by atomic mass is 10.0. The van der Waals surface area contributed by atoms with Crippen LogP contribution in [0.5, 0.6) is 0 Å². The normalized spacial score (nSPS) is 15.4. The van der Waals surface area contributed by atoms with Gasteiger partial charge in [-0.1, -0.05) is 38.5 Å². The van der Waals surface area contributed by atoms with Crippen molar-refractivity contribution in [2.75, 3.05) is 32.7 Å². The molecule has 0 aliphatic carbocycles. The third-order valence-electron chi connectivity index (χ3n) is 6.08. The fourth-order valence-corrected chi connectivity index (χ4v) is 4.01. The Bertz CT molecular complexity index is 633. The average molecular weight is 378 g/mol. The van der Waals surface area contributed by atoms with Gasteiger partial charge in [-0.15, -0.1) is 0 Å². The molecule has 5 nitrogen and oxygen atoms in total. The van der Waals surface area contributed by atoms with Gasteiger partial charge >= 0.3 is 0 Å². The maximum absolute atomic E-state index is 12.2. The van der Waals surface area contributed by atoms with Gasteiger partial charge in [0, 0.05) is 37.3 Å². The smallest absolute Gasteiger partial charge is 0.188 e. The molecule has 0 radical (unpaired) electrons. The largest absolute Gasteiger partial charge is 0.428 e. The summed E-state index contributed by atoms with van der Waals surface area (Å²) in [6.45, 7) is 11.4. The monoisotopic (exact) mass is 377 g/mol. The van der Waals surface area contributed by atoms with Crippen LogP contribution in [0.3, 0.4) is 0 Å². The van der Waals surface area contributed by atoms with E-state index in [4.69, 9.17) is 0 Å². The first-order valence-corrected chi connectivity index (χ1v) is 10.9. The Labute approximate surface area is 164 Å². The van der Waals surface area contributed by atoms with Crippen LogP contribution in [0.15, 0.2) is 4.79 Å². The van der Waals surface area contributed by atoms with Crippen molar-refractivity contribution in [1.29, 1.82) is 0 Å². The molecule has 5 heteroatoms. The summed E-state index contributed by atoms with van der Waals surface area (Å²) in [7, 11) is 0. The van der Waals surface area contributed by atoms with Gasteiger partial charge in [0.25, 0.3) is 0 Å². The topological polar surface area (TPSA) is 57.5 Å². The predicted octanol–water partition coefficient (Wildman–Crippen LogP) is 3.58. The lowest BCUT2D eigenvalue weighted by Crippen LogP contribution is -2.43. The van der Waals surface area contributed by atoms with Gasteiger partial charge in [0.05, 0.1) is 11.4 Å². The van der Waals surface area contributed by atoms with Crippen molar-refractivity contribution in [3.63, 3.8) is 0 Å². The highest BCUT2D eigenvalue weighted by atomic mass is 16.5. The van der Waals surface area contributed by atoms with Crippen LogP contribution in [0.2, 0.25) is 0 Å². The zero-order valence-electron chi connectivity index (χ0n) is 17.6. The zero-order chi connectivity index (χ0) is 19.6. The Morgan fingerprint density at radius 3 is 2.04 bits per heavy atom. The van der Waals surface area contributed by atoms with Crippen LogP contribution in [-0.2, 0) is 6.42 Å².